The molecule has 1 aliphatic rings. The number of phenols is 1. The van der Waals surface area contributed by atoms with Gasteiger partial charge in [-0.3, -0.25) is 0 Å². The first-order chi connectivity index (χ1) is 7.65. The Bertz CT molecular complexity index is 356. The van der Waals surface area contributed by atoms with Crippen molar-refractivity contribution in [1.82, 2.24) is 0 Å². The maximum Gasteiger partial charge on any atom is 0.184 e. The summed E-state index contributed by atoms with van der Waals surface area (Å²) in [4.78, 5) is 0. The monoisotopic (exact) mass is 224 g/mol. The van der Waals surface area contributed by atoms with Gasteiger partial charge in [-0.2, -0.15) is 0 Å². The number of rotatable bonds is 3. The molecule has 0 radical (unpaired) electrons. The Morgan fingerprint density at radius 1 is 1.25 bits per heavy atom. The van der Waals surface area contributed by atoms with E-state index in [2.05, 4.69) is 0 Å². The van der Waals surface area contributed by atoms with Crippen LogP contribution in [0.4, 0.5) is 0 Å². The number of ether oxygens (including phenoxy) is 3. The fourth-order valence-corrected chi connectivity index (χ4v) is 1.63. The summed E-state index contributed by atoms with van der Waals surface area (Å²) in [5.41, 5.74) is 0.785. The molecule has 0 unspecified atom stereocenters. The van der Waals surface area contributed by atoms with Gasteiger partial charge >= 0.3 is 0 Å². The SMILES string of the molecule is CC(C)Oc1cc(O)cc(C2OCCO2)c1. The van der Waals surface area contributed by atoms with Crippen molar-refractivity contribution in [2.45, 2.75) is 26.2 Å². The van der Waals surface area contributed by atoms with Gasteiger partial charge in [0.2, 0.25) is 0 Å². The van der Waals surface area contributed by atoms with Gasteiger partial charge in [0.25, 0.3) is 0 Å². The second-order valence-corrected chi connectivity index (χ2v) is 4.00. The van der Waals surface area contributed by atoms with Gasteiger partial charge in [-0.05, 0) is 26.0 Å². The van der Waals surface area contributed by atoms with Crippen LogP contribution < -0.4 is 4.74 Å². The minimum Gasteiger partial charge on any atom is -0.508 e. The van der Waals surface area contributed by atoms with Crippen LogP contribution in [-0.4, -0.2) is 24.4 Å². The van der Waals surface area contributed by atoms with Gasteiger partial charge in [-0.15, -0.1) is 0 Å². The highest BCUT2D eigenvalue weighted by Gasteiger charge is 2.19. The van der Waals surface area contributed by atoms with Gasteiger partial charge in [0.1, 0.15) is 11.5 Å². The van der Waals surface area contributed by atoms with Crippen LogP contribution in [0.3, 0.4) is 0 Å². The van der Waals surface area contributed by atoms with Crippen molar-refractivity contribution < 1.29 is 19.3 Å². The third-order valence-corrected chi connectivity index (χ3v) is 2.18. The van der Waals surface area contributed by atoms with Crippen LogP contribution in [0, 0.1) is 0 Å². The van der Waals surface area contributed by atoms with Crippen molar-refractivity contribution in [3.05, 3.63) is 23.8 Å². The molecule has 0 aliphatic carbocycles. The molecule has 4 nitrogen and oxygen atoms in total. The average molecular weight is 224 g/mol. The minimum atomic E-state index is -0.387. The van der Waals surface area contributed by atoms with E-state index in [1.54, 1.807) is 12.1 Å². The van der Waals surface area contributed by atoms with Crippen molar-refractivity contribution in [1.29, 1.82) is 0 Å². The van der Waals surface area contributed by atoms with Crippen LogP contribution in [0.1, 0.15) is 25.7 Å². The maximum absolute atomic E-state index is 9.58. The molecule has 0 spiro atoms. The molecule has 0 saturated carbocycles. The van der Waals surface area contributed by atoms with Crippen molar-refractivity contribution in [3.63, 3.8) is 0 Å². The van der Waals surface area contributed by atoms with E-state index >= 15 is 0 Å². The molecule has 0 bridgehead atoms. The van der Waals surface area contributed by atoms with Gasteiger partial charge in [-0.1, -0.05) is 0 Å². The van der Waals surface area contributed by atoms with Crippen molar-refractivity contribution in [2.75, 3.05) is 13.2 Å². The van der Waals surface area contributed by atoms with Gasteiger partial charge in [-0.25, -0.2) is 0 Å². The highest BCUT2D eigenvalue weighted by Crippen LogP contribution is 2.30. The Balaban J connectivity index is 2.20. The van der Waals surface area contributed by atoms with Crippen LogP contribution in [0.15, 0.2) is 18.2 Å². The molecule has 1 saturated heterocycles. The summed E-state index contributed by atoms with van der Waals surface area (Å²) in [5, 5.41) is 9.58. The maximum atomic E-state index is 9.58. The minimum absolute atomic E-state index is 0.0695. The summed E-state index contributed by atoms with van der Waals surface area (Å²) in [6, 6.07) is 5.04. The summed E-state index contributed by atoms with van der Waals surface area (Å²) < 4.78 is 16.3. The Kier molecular flexibility index (Phi) is 3.31. The molecular weight excluding hydrogens is 208 g/mol. The molecule has 0 atom stereocenters. The predicted molar refractivity (Wildman–Crippen MR) is 58.5 cm³/mol. The number of aromatic hydroxyl groups is 1. The summed E-state index contributed by atoms with van der Waals surface area (Å²) >= 11 is 0. The molecule has 1 aromatic carbocycles. The molecule has 4 heteroatoms. The van der Waals surface area contributed by atoms with Crippen molar-refractivity contribution >= 4 is 0 Å². The standard InChI is InChI=1S/C12H16O4/c1-8(2)16-11-6-9(5-10(13)7-11)12-14-3-4-15-12/h5-8,12-13H,3-4H2,1-2H3. The van der Waals surface area contributed by atoms with Crippen LogP contribution in [0.5, 0.6) is 11.5 Å². The second-order valence-electron chi connectivity index (χ2n) is 4.00. The zero-order valence-corrected chi connectivity index (χ0v) is 9.47. The lowest BCUT2D eigenvalue weighted by Crippen LogP contribution is -2.06. The number of phenolic OH excluding ortho intramolecular Hbond substituents is 1. The molecule has 1 aliphatic heterocycles. The molecule has 1 fully saturated rings. The summed E-state index contributed by atoms with van der Waals surface area (Å²) in [6.07, 6.45) is -0.318. The van der Waals surface area contributed by atoms with E-state index in [1.165, 1.54) is 0 Å². The molecule has 2 rings (SSSR count). The first-order valence-corrected chi connectivity index (χ1v) is 5.39. The molecule has 16 heavy (non-hydrogen) atoms. The number of hydrogen-bond donors (Lipinski definition) is 1. The van der Waals surface area contributed by atoms with Crippen molar-refractivity contribution in [3.8, 4) is 11.5 Å². The lowest BCUT2D eigenvalue weighted by Gasteiger charge is -2.14. The topological polar surface area (TPSA) is 47.9 Å². The number of hydrogen-bond acceptors (Lipinski definition) is 4. The lowest BCUT2D eigenvalue weighted by atomic mass is 10.2. The van der Waals surface area contributed by atoms with E-state index in [1.807, 2.05) is 19.9 Å². The molecule has 1 N–H and O–H groups in total. The Morgan fingerprint density at radius 3 is 2.56 bits per heavy atom. The van der Waals surface area contributed by atoms with Crippen LogP contribution >= 0.6 is 0 Å². The highest BCUT2D eigenvalue weighted by atomic mass is 16.7. The van der Waals surface area contributed by atoms with Gasteiger partial charge in [0.05, 0.1) is 19.3 Å². The lowest BCUT2D eigenvalue weighted by molar-refractivity contribution is -0.0444. The third-order valence-electron chi connectivity index (χ3n) is 2.18. The van der Waals surface area contributed by atoms with E-state index in [4.69, 9.17) is 14.2 Å². The van der Waals surface area contributed by atoms with E-state index in [0.717, 1.165) is 5.56 Å². The first-order valence-electron chi connectivity index (χ1n) is 5.39. The molecular formula is C12H16O4. The van der Waals surface area contributed by atoms with E-state index < -0.39 is 0 Å². The zero-order chi connectivity index (χ0) is 11.5. The molecule has 0 amide bonds. The summed E-state index contributed by atoms with van der Waals surface area (Å²) in [5.74, 6) is 0.788. The largest absolute Gasteiger partial charge is 0.508 e. The van der Waals surface area contributed by atoms with Gasteiger partial charge < -0.3 is 19.3 Å². The van der Waals surface area contributed by atoms with Crippen LogP contribution in [0.2, 0.25) is 0 Å². The molecule has 1 heterocycles. The molecule has 0 aromatic heterocycles. The Morgan fingerprint density at radius 2 is 1.94 bits per heavy atom. The average Bonchev–Trinajstić information content (AvgIpc) is 2.67. The van der Waals surface area contributed by atoms with Crippen molar-refractivity contribution in [2.24, 2.45) is 0 Å². The van der Waals surface area contributed by atoms with Crippen LogP contribution in [-0.2, 0) is 9.47 Å². The normalized spacial score (nSPS) is 16.9. The van der Waals surface area contributed by atoms with E-state index in [9.17, 15) is 5.11 Å². The summed E-state index contributed by atoms with van der Waals surface area (Å²) in [6.45, 7) is 5.04. The fraction of sp³-hybridized carbons (Fsp3) is 0.500. The highest BCUT2D eigenvalue weighted by molar-refractivity contribution is 5.38. The fourth-order valence-electron chi connectivity index (χ4n) is 1.63. The predicted octanol–water partition coefficient (Wildman–Crippen LogP) is 2.22. The van der Waals surface area contributed by atoms with Gasteiger partial charge in [0, 0.05) is 11.6 Å². The summed E-state index contributed by atoms with van der Waals surface area (Å²) in [7, 11) is 0. The van der Waals surface area contributed by atoms with E-state index in [0.29, 0.717) is 19.0 Å². The van der Waals surface area contributed by atoms with Gasteiger partial charge in [0.15, 0.2) is 6.29 Å². The second kappa shape index (κ2) is 4.72. The first kappa shape index (κ1) is 11.2. The zero-order valence-electron chi connectivity index (χ0n) is 9.47. The van der Waals surface area contributed by atoms with Crippen LogP contribution in [0.25, 0.3) is 0 Å². The van der Waals surface area contributed by atoms with E-state index in [-0.39, 0.29) is 18.1 Å². The molecule has 88 valence electrons. The Hall–Kier alpha value is -1.26. The molecule has 1 aromatic rings. The smallest absolute Gasteiger partial charge is 0.184 e. The quantitative estimate of drug-likeness (QED) is 0.855. The number of benzene rings is 1. The Labute approximate surface area is 94.8 Å². The third kappa shape index (κ3) is 2.65.